The van der Waals surface area contributed by atoms with Gasteiger partial charge in [-0.2, -0.15) is 5.26 Å². The third-order valence-corrected chi connectivity index (χ3v) is 4.27. The molecular weight excluding hydrogens is 271 g/mol. The summed E-state index contributed by atoms with van der Waals surface area (Å²) >= 11 is 0. The van der Waals surface area contributed by atoms with E-state index in [4.69, 9.17) is 4.74 Å². The Balaban J connectivity index is 2.00. The van der Waals surface area contributed by atoms with Crippen molar-refractivity contribution in [1.82, 2.24) is 0 Å². The molecule has 1 aromatic rings. The molecule has 0 spiro atoms. The Morgan fingerprint density at radius 3 is 2.40 bits per heavy atom. The second-order valence-corrected chi connectivity index (χ2v) is 5.38. The highest BCUT2D eigenvalue weighted by molar-refractivity contribution is 5.28. The van der Waals surface area contributed by atoms with Crippen molar-refractivity contribution in [1.29, 1.82) is 5.26 Å². The molecule has 3 rings (SSSR count). The van der Waals surface area contributed by atoms with Gasteiger partial charge in [-0.3, -0.25) is 0 Å². The molecule has 0 amide bonds. The molecule has 1 N–H and O–H groups in total. The highest BCUT2D eigenvalue weighted by Crippen LogP contribution is 2.53. The van der Waals surface area contributed by atoms with Gasteiger partial charge >= 0.3 is 0 Å². The number of benzene rings is 1. The summed E-state index contributed by atoms with van der Waals surface area (Å²) in [5, 5.41) is 19.8. The maximum absolute atomic E-state index is 13.3. The molecule has 0 saturated carbocycles. The first-order chi connectivity index (χ1) is 9.48. The number of nitrogens with zero attached hydrogens (tertiary/aromatic N) is 1. The molecule has 1 aromatic carbocycles. The summed E-state index contributed by atoms with van der Waals surface area (Å²) in [6, 6.07) is 3.51. The van der Waals surface area contributed by atoms with E-state index in [0.29, 0.717) is 12.8 Å². The number of fused-ring (bicyclic) bond motifs is 2. The van der Waals surface area contributed by atoms with Crippen molar-refractivity contribution in [2.75, 3.05) is 0 Å². The average Bonchev–Trinajstić information content (AvgIpc) is 3.04. The van der Waals surface area contributed by atoms with Crippen molar-refractivity contribution in [2.45, 2.75) is 37.6 Å². The Hall–Kier alpha value is -1.58. The van der Waals surface area contributed by atoms with E-state index in [0.717, 1.165) is 18.6 Å². The van der Waals surface area contributed by atoms with E-state index in [1.54, 1.807) is 0 Å². The zero-order valence-corrected chi connectivity index (χ0v) is 10.4. The predicted molar refractivity (Wildman–Crippen MR) is 61.8 cm³/mol. The molecule has 2 saturated heterocycles. The highest BCUT2D eigenvalue weighted by Gasteiger charge is 2.57. The minimum absolute atomic E-state index is 0.107. The lowest BCUT2D eigenvalue weighted by molar-refractivity contribution is 0.00305. The maximum atomic E-state index is 13.3. The molecule has 20 heavy (non-hydrogen) atoms. The summed E-state index contributed by atoms with van der Waals surface area (Å²) in [6.07, 6.45) is -0.217. The molecule has 0 aromatic heterocycles. The van der Waals surface area contributed by atoms with E-state index < -0.39 is 35.1 Å². The zero-order chi connectivity index (χ0) is 14.5. The van der Waals surface area contributed by atoms with E-state index >= 15 is 0 Å². The van der Waals surface area contributed by atoms with Crippen LogP contribution in [-0.4, -0.2) is 17.3 Å². The number of aliphatic hydroxyl groups is 1. The Kier molecular flexibility index (Phi) is 3.00. The summed E-state index contributed by atoms with van der Waals surface area (Å²) in [4.78, 5) is 0. The fourth-order valence-corrected chi connectivity index (χ4v) is 3.24. The first kappa shape index (κ1) is 13.4. The number of ether oxygens (including phenoxy) is 1. The summed E-state index contributed by atoms with van der Waals surface area (Å²) in [5.74, 6) is -4.34. The monoisotopic (exact) mass is 283 g/mol. The van der Waals surface area contributed by atoms with Crippen LogP contribution in [0.2, 0.25) is 0 Å². The predicted octanol–water partition coefficient (Wildman–Crippen LogP) is 2.60. The Morgan fingerprint density at radius 1 is 1.30 bits per heavy atom. The minimum atomic E-state index is -1.59. The van der Waals surface area contributed by atoms with E-state index in [-0.39, 0.29) is 11.7 Å². The zero-order valence-electron chi connectivity index (χ0n) is 10.4. The Labute approximate surface area is 113 Å². The molecule has 4 unspecified atom stereocenters. The van der Waals surface area contributed by atoms with Crippen molar-refractivity contribution >= 4 is 0 Å². The number of halogens is 3. The summed E-state index contributed by atoms with van der Waals surface area (Å²) in [7, 11) is 0. The summed E-state index contributed by atoms with van der Waals surface area (Å²) in [5.41, 5.74) is -1.36. The normalized spacial score (nSPS) is 33.1. The van der Waals surface area contributed by atoms with E-state index in [1.807, 2.05) is 6.07 Å². The lowest BCUT2D eigenvalue weighted by Crippen LogP contribution is -2.37. The van der Waals surface area contributed by atoms with Crippen LogP contribution in [0.15, 0.2) is 12.1 Å². The van der Waals surface area contributed by atoms with Crippen molar-refractivity contribution in [3.05, 3.63) is 35.1 Å². The molecule has 106 valence electrons. The first-order valence-electron chi connectivity index (χ1n) is 6.37. The quantitative estimate of drug-likeness (QED) is 0.849. The lowest BCUT2D eigenvalue weighted by atomic mass is 9.69. The van der Waals surface area contributed by atoms with Gasteiger partial charge in [0.2, 0.25) is 0 Å². The first-order valence-corrected chi connectivity index (χ1v) is 6.37. The number of hydrogen-bond donors (Lipinski definition) is 1. The van der Waals surface area contributed by atoms with Crippen LogP contribution in [0.1, 0.15) is 30.9 Å². The molecular formula is C14H12F3NO2. The van der Waals surface area contributed by atoms with Gasteiger partial charge in [0.05, 0.1) is 18.3 Å². The average molecular weight is 283 g/mol. The van der Waals surface area contributed by atoms with Crippen LogP contribution in [0.3, 0.4) is 0 Å². The fourth-order valence-electron chi connectivity index (χ4n) is 3.24. The second-order valence-electron chi connectivity index (χ2n) is 5.38. The Morgan fingerprint density at radius 2 is 1.95 bits per heavy atom. The largest absolute Gasteiger partial charge is 0.387 e. The van der Waals surface area contributed by atoms with Crippen LogP contribution in [0.25, 0.3) is 0 Å². The van der Waals surface area contributed by atoms with Crippen molar-refractivity contribution in [3.8, 4) is 6.07 Å². The molecule has 3 nitrogen and oxygen atoms in total. The van der Waals surface area contributed by atoms with E-state index in [9.17, 15) is 23.5 Å². The standard InChI is InChI=1S/C14H12F3NO2/c15-9-3-7(4-10(16)12(9)17)13(19)14(6-18)5-8-1-2-11(14)20-8/h3-4,8,11,13,19H,1-2,5H2. The third-order valence-electron chi connectivity index (χ3n) is 4.27. The van der Waals surface area contributed by atoms with Gasteiger partial charge in [-0.25, -0.2) is 13.2 Å². The lowest BCUT2D eigenvalue weighted by Gasteiger charge is -2.33. The van der Waals surface area contributed by atoms with E-state index in [2.05, 4.69) is 0 Å². The van der Waals surface area contributed by atoms with Crippen LogP contribution < -0.4 is 0 Å². The molecule has 0 aliphatic carbocycles. The van der Waals surface area contributed by atoms with Gasteiger partial charge in [-0.15, -0.1) is 0 Å². The second kappa shape index (κ2) is 4.47. The van der Waals surface area contributed by atoms with Gasteiger partial charge < -0.3 is 9.84 Å². The fraction of sp³-hybridized carbons (Fsp3) is 0.500. The molecule has 6 heteroatoms. The summed E-state index contributed by atoms with van der Waals surface area (Å²) in [6.45, 7) is 0. The summed E-state index contributed by atoms with van der Waals surface area (Å²) < 4.78 is 45.0. The molecule has 0 radical (unpaired) electrons. The number of nitriles is 1. The highest BCUT2D eigenvalue weighted by atomic mass is 19.2. The topological polar surface area (TPSA) is 53.2 Å². The maximum Gasteiger partial charge on any atom is 0.194 e. The molecule has 2 heterocycles. The molecule has 2 bridgehead atoms. The smallest absolute Gasteiger partial charge is 0.194 e. The van der Waals surface area contributed by atoms with Crippen molar-refractivity contribution in [3.63, 3.8) is 0 Å². The molecule has 4 atom stereocenters. The van der Waals surface area contributed by atoms with Crippen LogP contribution in [-0.2, 0) is 4.74 Å². The van der Waals surface area contributed by atoms with Crippen LogP contribution in [0.5, 0.6) is 0 Å². The van der Waals surface area contributed by atoms with E-state index in [1.165, 1.54) is 0 Å². The van der Waals surface area contributed by atoms with Crippen LogP contribution in [0, 0.1) is 34.2 Å². The van der Waals surface area contributed by atoms with Gasteiger partial charge in [0, 0.05) is 0 Å². The number of rotatable bonds is 2. The van der Waals surface area contributed by atoms with Crippen molar-refractivity contribution in [2.24, 2.45) is 5.41 Å². The van der Waals surface area contributed by atoms with Gasteiger partial charge in [0.15, 0.2) is 17.5 Å². The van der Waals surface area contributed by atoms with Gasteiger partial charge in [-0.1, -0.05) is 0 Å². The molecule has 2 aliphatic rings. The molecule has 2 fully saturated rings. The van der Waals surface area contributed by atoms with Gasteiger partial charge in [0.25, 0.3) is 0 Å². The van der Waals surface area contributed by atoms with Crippen molar-refractivity contribution < 1.29 is 23.0 Å². The van der Waals surface area contributed by atoms with Crippen LogP contribution >= 0.6 is 0 Å². The van der Waals surface area contributed by atoms with Gasteiger partial charge in [-0.05, 0) is 37.0 Å². The van der Waals surface area contributed by atoms with Gasteiger partial charge in [0.1, 0.15) is 11.5 Å². The number of hydrogen-bond acceptors (Lipinski definition) is 3. The molecule has 2 aliphatic heterocycles. The van der Waals surface area contributed by atoms with Crippen LogP contribution in [0.4, 0.5) is 13.2 Å². The minimum Gasteiger partial charge on any atom is -0.387 e. The Bertz CT molecular complexity index is 578. The SMILES string of the molecule is N#CC1(C(O)c2cc(F)c(F)c(F)c2)CC2CCC1O2. The number of aliphatic hydroxyl groups excluding tert-OH is 1. The third kappa shape index (κ3) is 1.74.